The Hall–Kier alpha value is -2.91. The summed E-state index contributed by atoms with van der Waals surface area (Å²) >= 11 is 1.68. The largest absolute Gasteiger partial charge is 0.493 e. The number of hydrogen-bond acceptors (Lipinski definition) is 7. The molecule has 1 aliphatic carbocycles. The Labute approximate surface area is 208 Å². The monoisotopic (exact) mass is 496 g/mol. The van der Waals surface area contributed by atoms with E-state index in [2.05, 4.69) is 9.88 Å². The number of hydrogen-bond donors (Lipinski definition) is 1. The Morgan fingerprint density at radius 1 is 1.14 bits per heavy atom. The minimum Gasteiger partial charge on any atom is -0.493 e. The van der Waals surface area contributed by atoms with Crippen LogP contribution in [-0.2, 0) is 19.4 Å². The van der Waals surface area contributed by atoms with Crippen LogP contribution in [0.5, 0.6) is 11.5 Å². The molecule has 1 amide bonds. The number of amides is 1. The number of fused-ring (bicyclic) bond motifs is 3. The molecule has 35 heavy (non-hydrogen) atoms. The Bertz CT molecular complexity index is 1290. The molecule has 9 heteroatoms. The third-order valence-corrected chi connectivity index (χ3v) is 7.87. The molecule has 0 radical (unpaired) electrons. The summed E-state index contributed by atoms with van der Waals surface area (Å²) in [5, 5.41) is 0.795. The van der Waals surface area contributed by atoms with E-state index < -0.39 is 0 Å². The predicted octanol–water partition coefficient (Wildman–Crippen LogP) is 3.62. The third-order valence-electron chi connectivity index (χ3n) is 6.68. The maximum atomic E-state index is 13.1. The van der Waals surface area contributed by atoms with Gasteiger partial charge in [0.05, 0.1) is 25.1 Å². The van der Waals surface area contributed by atoms with E-state index in [-0.39, 0.29) is 17.6 Å². The molecule has 1 aliphatic heterocycles. The first kappa shape index (κ1) is 23.8. The number of nitrogens with one attached hydrogen (secondary N) is 1. The van der Waals surface area contributed by atoms with Gasteiger partial charge in [-0.05, 0) is 63.3 Å². The zero-order valence-electron chi connectivity index (χ0n) is 20.6. The number of aromatic nitrogens is 2. The van der Waals surface area contributed by atoms with E-state index in [1.165, 1.54) is 16.9 Å². The van der Waals surface area contributed by atoms with Crippen molar-refractivity contribution in [3.8, 4) is 11.5 Å². The van der Waals surface area contributed by atoms with Crippen molar-refractivity contribution in [2.45, 2.75) is 52.2 Å². The zero-order valence-corrected chi connectivity index (χ0v) is 21.4. The number of nitrogens with zero attached hydrogens (tertiary/aromatic N) is 3. The molecule has 8 nitrogen and oxygen atoms in total. The average molecular weight is 497 g/mol. The normalized spacial score (nSPS) is 16.5. The Morgan fingerprint density at radius 2 is 1.91 bits per heavy atom. The molecule has 0 spiro atoms. The standard InChI is InChI=1S/C26H32N4O4S/c1-16(2)34-19-9-8-17(14-20(19)33-3)26(32)30-12-10-29(11-13-30)15-22-27-24(31)23-18-6-4-5-7-21(18)35-25(23)28-22/h8-9,14,16H,4-7,10-13,15H2,1-3H3,(H,27,28,31). The molecule has 1 saturated heterocycles. The molecule has 5 rings (SSSR count). The SMILES string of the molecule is COc1cc(C(=O)N2CCN(Cc3nc4sc5c(c4c(=O)[nH]3)CCCC5)CC2)ccc1OC(C)C. The molecule has 2 aliphatic rings. The van der Waals surface area contributed by atoms with Crippen LogP contribution in [0.25, 0.3) is 10.2 Å². The van der Waals surface area contributed by atoms with Crippen molar-refractivity contribution in [2.24, 2.45) is 0 Å². The molecule has 1 fully saturated rings. The van der Waals surface area contributed by atoms with E-state index in [0.717, 1.165) is 42.6 Å². The van der Waals surface area contributed by atoms with Crippen LogP contribution in [0.1, 0.15) is 53.3 Å². The molecule has 1 N–H and O–H groups in total. The predicted molar refractivity (Wildman–Crippen MR) is 137 cm³/mol. The topological polar surface area (TPSA) is 87.8 Å². The van der Waals surface area contributed by atoms with Crippen LogP contribution in [0.2, 0.25) is 0 Å². The van der Waals surface area contributed by atoms with E-state index in [9.17, 15) is 9.59 Å². The van der Waals surface area contributed by atoms with Crippen molar-refractivity contribution in [2.75, 3.05) is 33.3 Å². The second-order valence-electron chi connectivity index (χ2n) is 9.50. The van der Waals surface area contributed by atoms with Crippen LogP contribution in [0.4, 0.5) is 0 Å². The lowest BCUT2D eigenvalue weighted by molar-refractivity contribution is 0.0625. The van der Waals surface area contributed by atoms with Gasteiger partial charge in [0.25, 0.3) is 11.5 Å². The second-order valence-corrected chi connectivity index (χ2v) is 10.6. The molecular weight excluding hydrogens is 464 g/mol. The fourth-order valence-corrected chi connectivity index (χ4v) is 6.22. The molecule has 0 atom stereocenters. The molecule has 0 bridgehead atoms. The second kappa shape index (κ2) is 9.99. The van der Waals surface area contributed by atoms with Gasteiger partial charge < -0.3 is 19.4 Å². The molecule has 3 heterocycles. The third kappa shape index (κ3) is 4.92. The number of benzene rings is 1. The number of carbonyl (C=O) groups excluding carboxylic acids is 1. The van der Waals surface area contributed by atoms with E-state index >= 15 is 0 Å². The van der Waals surface area contributed by atoms with Crippen LogP contribution in [0.3, 0.4) is 0 Å². The van der Waals surface area contributed by atoms with E-state index in [1.807, 2.05) is 18.7 Å². The highest BCUT2D eigenvalue weighted by molar-refractivity contribution is 7.18. The maximum absolute atomic E-state index is 13.1. The maximum Gasteiger partial charge on any atom is 0.259 e. The zero-order chi connectivity index (χ0) is 24.5. The molecule has 0 unspecified atom stereocenters. The first-order chi connectivity index (χ1) is 16.9. The molecule has 186 valence electrons. The van der Waals surface area contributed by atoms with Gasteiger partial charge in [0, 0.05) is 36.6 Å². The van der Waals surface area contributed by atoms with Gasteiger partial charge in [0.2, 0.25) is 0 Å². The lowest BCUT2D eigenvalue weighted by Gasteiger charge is -2.34. The van der Waals surface area contributed by atoms with Gasteiger partial charge in [-0.25, -0.2) is 4.98 Å². The average Bonchev–Trinajstić information content (AvgIpc) is 3.23. The number of H-pyrrole nitrogens is 1. The number of ether oxygens (including phenoxy) is 2. The summed E-state index contributed by atoms with van der Waals surface area (Å²) in [5.74, 6) is 1.88. The van der Waals surface area contributed by atoms with E-state index in [4.69, 9.17) is 14.5 Å². The van der Waals surface area contributed by atoms with Gasteiger partial charge in [-0.3, -0.25) is 14.5 Å². The van der Waals surface area contributed by atoms with Gasteiger partial charge in [0.1, 0.15) is 10.7 Å². The van der Waals surface area contributed by atoms with Crippen LogP contribution in [-0.4, -0.2) is 65.1 Å². The number of rotatable bonds is 6. The highest BCUT2D eigenvalue weighted by Gasteiger charge is 2.25. The summed E-state index contributed by atoms with van der Waals surface area (Å²) in [6.45, 7) is 7.16. The van der Waals surface area contributed by atoms with Gasteiger partial charge in [-0.1, -0.05) is 0 Å². The van der Waals surface area contributed by atoms with Gasteiger partial charge in [0.15, 0.2) is 11.5 Å². The molecule has 3 aromatic rings. The lowest BCUT2D eigenvalue weighted by atomic mass is 9.97. The quantitative estimate of drug-likeness (QED) is 0.561. The number of methoxy groups -OCH3 is 1. The van der Waals surface area contributed by atoms with Gasteiger partial charge in [-0.15, -0.1) is 11.3 Å². The van der Waals surface area contributed by atoms with Crippen molar-refractivity contribution in [3.63, 3.8) is 0 Å². The summed E-state index contributed by atoms with van der Waals surface area (Å²) in [4.78, 5) is 40.0. The summed E-state index contributed by atoms with van der Waals surface area (Å²) in [7, 11) is 1.58. The molecule has 0 saturated carbocycles. The Morgan fingerprint density at radius 3 is 2.66 bits per heavy atom. The van der Waals surface area contributed by atoms with Crippen molar-refractivity contribution < 1.29 is 14.3 Å². The lowest BCUT2D eigenvalue weighted by Crippen LogP contribution is -2.48. The smallest absolute Gasteiger partial charge is 0.259 e. The molecular formula is C26H32N4O4S. The van der Waals surface area contributed by atoms with Crippen molar-refractivity contribution in [1.82, 2.24) is 19.8 Å². The summed E-state index contributed by atoms with van der Waals surface area (Å²) in [6.07, 6.45) is 4.39. The first-order valence-electron chi connectivity index (χ1n) is 12.3. The highest BCUT2D eigenvalue weighted by Crippen LogP contribution is 2.33. The minimum atomic E-state index is -0.0174. The summed E-state index contributed by atoms with van der Waals surface area (Å²) in [5.41, 5.74) is 1.78. The number of piperazine rings is 1. The van der Waals surface area contributed by atoms with Crippen LogP contribution < -0.4 is 15.0 Å². The van der Waals surface area contributed by atoms with Gasteiger partial charge in [-0.2, -0.15) is 0 Å². The molecule has 2 aromatic heterocycles. The Kier molecular flexibility index (Phi) is 6.80. The van der Waals surface area contributed by atoms with Crippen molar-refractivity contribution in [1.29, 1.82) is 0 Å². The molecule has 1 aromatic carbocycles. The van der Waals surface area contributed by atoms with Crippen molar-refractivity contribution in [3.05, 3.63) is 50.4 Å². The number of carbonyl (C=O) groups is 1. The summed E-state index contributed by atoms with van der Waals surface area (Å²) < 4.78 is 11.2. The first-order valence-corrected chi connectivity index (χ1v) is 13.1. The van der Waals surface area contributed by atoms with Crippen LogP contribution in [0, 0.1) is 0 Å². The number of thiophene rings is 1. The number of aryl methyl sites for hydroxylation is 2. The fourth-order valence-electron chi connectivity index (χ4n) is 4.94. The minimum absolute atomic E-state index is 0.0166. The van der Waals surface area contributed by atoms with Crippen LogP contribution in [0.15, 0.2) is 23.0 Å². The highest BCUT2D eigenvalue weighted by atomic mass is 32.1. The van der Waals surface area contributed by atoms with Crippen LogP contribution >= 0.6 is 11.3 Å². The fraction of sp³-hybridized carbons (Fsp3) is 0.500. The number of aromatic amines is 1. The van der Waals surface area contributed by atoms with E-state index in [0.29, 0.717) is 42.5 Å². The Balaban J connectivity index is 1.23. The van der Waals surface area contributed by atoms with Crippen molar-refractivity contribution >= 4 is 27.5 Å². The van der Waals surface area contributed by atoms with Gasteiger partial charge >= 0.3 is 0 Å². The summed E-state index contributed by atoms with van der Waals surface area (Å²) in [6, 6.07) is 5.33. The van der Waals surface area contributed by atoms with E-state index in [1.54, 1.807) is 36.6 Å².